The van der Waals surface area contributed by atoms with Crippen molar-refractivity contribution in [2.24, 2.45) is 5.10 Å². The Morgan fingerprint density at radius 3 is 2.57 bits per heavy atom. The molecule has 1 N–H and O–H groups in total. The van der Waals surface area contributed by atoms with Crippen LogP contribution in [0.1, 0.15) is 16.7 Å². The molecule has 0 unspecified atom stereocenters. The first-order valence-corrected chi connectivity index (χ1v) is 7.69. The van der Waals surface area contributed by atoms with E-state index < -0.39 is 0 Å². The summed E-state index contributed by atoms with van der Waals surface area (Å²) in [6, 6.07) is 10.9. The van der Waals surface area contributed by atoms with Crippen molar-refractivity contribution in [2.45, 2.75) is 13.8 Å². The molecule has 2 aromatic rings. The van der Waals surface area contributed by atoms with E-state index in [1.165, 1.54) is 6.21 Å². The predicted molar refractivity (Wildman–Crippen MR) is 93.6 cm³/mol. The Morgan fingerprint density at radius 2 is 1.91 bits per heavy atom. The van der Waals surface area contributed by atoms with Crippen LogP contribution < -0.4 is 10.2 Å². The Balaban J connectivity index is 1.89. The molecule has 0 aliphatic rings. The van der Waals surface area contributed by atoms with E-state index in [2.05, 4.69) is 10.5 Å². The number of hydrogen-bond donors (Lipinski definition) is 1. The van der Waals surface area contributed by atoms with Crippen LogP contribution in [0.25, 0.3) is 0 Å². The monoisotopic (exact) mass is 350 g/mol. The number of hydrazone groups is 1. The summed E-state index contributed by atoms with van der Waals surface area (Å²) in [6.07, 6.45) is 1.40. The molecule has 0 fully saturated rings. The van der Waals surface area contributed by atoms with Gasteiger partial charge in [-0.3, -0.25) is 4.79 Å². The molecule has 6 heteroatoms. The summed E-state index contributed by atoms with van der Waals surface area (Å²) in [5.41, 5.74) is 5.04. The number of benzene rings is 2. The van der Waals surface area contributed by atoms with Gasteiger partial charge in [-0.2, -0.15) is 5.10 Å². The molecule has 0 aliphatic heterocycles. The highest BCUT2D eigenvalue weighted by molar-refractivity contribution is 6.38. The number of nitrogens with one attached hydrogen (secondary N) is 1. The third-order valence-electron chi connectivity index (χ3n) is 3.07. The van der Waals surface area contributed by atoms with Crippen LogP contribution in [0.4, 0.5) is 0 Å². The molecule has 0 aliphatic carbocycles. The van der Waals surface area contributed by atoms with Crippen LogP contribution in [0.3, 0.4) is 0 Å². The number of aryl methyl sites for hydroxylation is 2. The van der Waals surface area contributed by atoms with Gasteiger partial charge in [-0.05, 0) is 37.6 Å². The number of ether oxygens (including phenoxy) is 1. The Bertz CT molecular complexity index is 725. The first kappa shape index (κ1) is 17.3. The first-order chi connectivity index (χ1) is 11.0. The second-order valence-electron chi connectivity index (χ2n) is 4.99. The van der Waals surface area contributed by atoms with Crippen molar-refractivity contribution in [2.75, 3.05) is 6.61 Å². The maximum absolute atomic E-state index is 11.7. The summed E-state index contributed by atoms with van der Waals surface area (Å²) >= 11 is 12.0. The summed E-state index contributed by atoms with van der Waals surface area (Å²) in [5.74, 6) is 0.299. The second-order valence-corrected chi connectivity index (χ2v) is 5.80. The van der Waals surface area contributed by atoms with E-state index in [9.17, 15) is 4.79 Å². The van der Waals surface area contributed by atoms with E-state index in [0.717, 1.165) is 11.1 Å². The van der Waals surface area contributed by atoms with Crippen LogP contribution in [0.15, 0.2) is 41.5 Å². The number of carbonyl (C=O) groups is 1. The van der Waals surface area contributed by atoms with Gasteiger partial charge in [-0.15, -0.1) is 0 Å². The van der Waals surface area contributed by atoms with E-state index in [1.807, 2.05) is 32.0 Å². The highest BCUT2D eigenvalue weighted by Gasteiger charge is 2.05. The second kappa shape index (κ2) is 7.99. The largest absolute Gasteiger partial charge is 0.483 e. The minimum Gasteiger partial charge on any atom is -0.483 e. The molecule has 2 aromatic carbocycles. The van der Waals surface area contributed by atoms with Crippen molar-refractivity contribution in [1.29, 1.82) is 0 Å². The molecule has 0 saturated carbocycles. The minimum absolute atomic E-state index is 0.127. The highest BCUT2D eigenvalue weighted by atomic mass is 35.5. The Labute approximate surface area is 145 Å². The fraction of sp³-hybridized carbons (Fsp3) is 0.176. The van der Waals surface area contributed by atoms with Crippen LogP contribution in [-0.4, -0.2) is 18.7 Å². The fourth-order valence-electron chi connectivity index (χ4n) is 1.94. The zero-order valence-corrected chi connectivity index (χ0v) is 14.3. The first-order valence-electron chi connectivity index (χ1n) is 6.93. The minimum atomic E-state index is -0.371. The molecule has 0 spiro atoms. The summed E-state index contributed by atoms with van der Waals surface area (Å²) in [5, 5.41) is 4.76. The van der Waals surface area contributed by atoms with Crippen molar-refractivity contribution < 1.29 is 9.53 Å². The molecule has 120 valence electrons. The van der Waals surface area contributed by atoms with Crippen molar-refractivity contribution in [1.82, 2.24) is 5.43 Å². The lowest BCUT2D eigenvalue weighted by atomic mass is 10.1. The molecule has 1 amide bonds. The number of hydrogen-bond acceptors (Lipinski definition) is 3. The lowest BCUT2D eigenvalue weighted by molar-refractivity contribution is -0.123. The number of halogens is 2. The highest BCUT2D eigenvalue weighted by Crippen LogP contribution is 2.22. The van der Waals surface area contributed by atoms with Gasteiger partial charge < -0.3 is 4.74 Å². The molecule has 0 heterocycles. The normalized spacial score (nSPS) is 10.8. The van der Waals surface area contributed by atoms with Crippen LogP contribution in [0.5, 0.6) is 5.75 Å². The molecule has 23 heavy (non-hydrogen) atoms. The van der Waals surface area contributed by atoms with Gasteiger partial charge in [0.15, 0.2) is 6.61 Å². The van der Waals surface area contributed by atoms with Crippen LogP contribution in [-0.2, 0) is 4.79 Å². The molecule has 0 bridgehead atoms. The van der Waals surface area contributed by atoms with Crippen LogP contribution in [0, 0.1) is 13.8 Å². The lowest BCUT2D eigenvalue weighted by Crippen LogP contribution is -2.24. The standard InChI is InChI=1S/C17H16Cl2N2O2/c1-11-6-7-16(12(2)8-11)23-10-17(22)21-20-9-13-14(18)4-3-5-15(13)19/h3-9H,10H2,1-2H3,(H,21,22)/b20-9+. The van der Waals surface area contributed by atoms with Crippen molar-refractivity contribution in [3.8, 4) is 5.75 Å². The van der Waals surface area contributed by atoms with Crippen LogP contribution >= 0.6 is 23.2 Å². The van der Waals surface area contributed by atoms with Gasteiger partial charge in [-0.1, -0.05) is 47.0 Å². The zero-order valence-electron chi connectivity index (χ0n) is 12.8. The predicted octanol–water partition coefficient (Wildman–Crippen LogP) is 4.14. The number of amides is 1. The topological polar surface area (TPSA) is 50.7 Å². The Kier molecular flexibility index (Phi) is 6.02. The van der Waals surface area contributed by atoms with Gasteiger partial charge in [0, 0.05) is 5.56 Å². The summed E-state index contributed by atoms with van der Waals surface area (Å²) in [7, 11) is 0. The average Bonchev–Trinajstić information content (AvgIpc) is 2.49. The maximum atomic E-state index is 11.7. The quantitative estimate of drug-likeness (QED) is 0.650. The lowest BCUT2D eigenvalue weighted by Gasteiger charge is -2.08. The molecule has 0 aromatic heterocycles. The Hall–Kier alpha value is -2.04. The van der Waals surface area contributed by atoms with E-state index in [0.29, 0.717) is 21.4 Å². The zero-order chi connectivity index (χ0) is 16.8. The summed E-state index contributed by atoms with van der Waals surface area (Å²) in [4.78, 5) is 11.7. The fourth-order valence-corrected chi connectivity index (χ4v) is 2.43. The third kappa shape index (κ3) is 4.98. The molecule has 2 rings (SSSR count). The SMILES string of the molecule is Cc1ccc(OCC(=O)N/N=C/c2c(Cl)cccc2Cl)c(C)c1. The van der Waals surface area contributed by atoms with Crippen molar-refractivity contribution in [3.05, 3.63) is 63.1 Å². The molecular weight excluding hydrogens is 335 g/mol. The van der Waals surface area contributed by atoms with Gasteiger partial charge in [0.25, 0.3) is 5.91 Å². The molecule has 0 atom stereocenters. The summed E-state index contributed by atoms with van der Waals surface area (Å²) in [6.45, 7) is 3.80. The third-order valence-corrected chi connectivity index (χ3v) is 3.73. The van der Waals surface area contributed by atoms with Crippen LogP contribution in [0.2, 0.25) is 10.0 Å². The van der Waals surface area contributed by atoms with Gasteiger partial charge in [0.2, 0.25) is 0 Å². The smallest absolute Gasteiger partial charge is 0.277 e. The molecule has 0 saturated heterocycles. The number of nitrogens with zero attached hydrogens (tertiary/aromatic N) is 1. The maximum Gasteiger partial charge on any atom is 0.277 e. The van der Waals surface area contributed by atoms with E-state index in [1.54, 1.807) is 18.2 Å². The van der Waals surface area contributed by atoms with Gasteiger partial charge >= 0.3 is 0 Å². The van der Waals surface area contributed by atoms with Crippen molar-refractivity contribution in [3.63, 3.8) is 0 Å². The van der Waals surface area contributed by atoms with E-state index >= 15 is 0 Å². The van der Waals surface area contributed by atoms with Gasteiger partial charge in [0.1, 0.15) is 5.75 Å². The molecule has 4 nitrogen and oxygen atoms in total. The summed E-state index contributed by atoms with van der Waals surface area (Å²) < 4.78 is 5.47. The van der Waals surface area contributed by atoms with Gasteiger partial charge in [0.05, 0.1) is 16.3 Å². The molecule has 0 radical (unpaired) electrons. The van der Waals surface area contributed by atoms with Crippen molar-refractivity contribution >= 4 is 35.3 Å². The number of carbonyl (C=O) groups excluding carboxylic acids is 1. The Morgan fingerprint density at radius 1 is 1.22 bits per heavy atom. The molecular formula is C17H16Cl2N2O2. The average molecular weight is 351 g/mol. The number of rotatable bonds is 5. The van der Waals surface area contributed by atoms with Gasteiger partial charge in [-0.25, -0.2) is 5.43 Å². The van der Waals surface area contributed by atoms with E-state index in [4.69, 9.17) is 27.9 Å². The van der Waals surface area contributed by atoms with E-state index in [-0.39, 0.29) is 12.5 Å².